The van der Waals surface area contributed by atoms with Crippen LogP contribution < -0.4 is 11.1 Å². The van der Waals surface area contributed by atoms with E-state index in [1.165, 1.54) is 16.2 Å². The van der Waals surface area contributed by atoms with Gasteiger partial charge in [-0.2, -0.15) is 0 Å². The maximum absolute atomic E-state index is 11.8. The van der Waals surface area contributed by atoms with Crippen LogP contribution in [0.1, 0.15) is 27.5 Å². The largest absolute Gasteiger partial charge is 0.327 e. The number of halogens is 1. The minimum absolute atomic E-state index is 0. The molecule has 19 heavy (non-hydrogen) atoms. The van der Waals surface area contributed by atoms with Crippen LogP contribution in [0.4, 0.5) is 5.13 Å². The van der Waals surface area contributed by atoms with Gasteiger partial charge in [0.05, 0.1) is 5.69 Å². The van der Waals surface area contributed by atoms with Gasteiger partial charge in [-0.1, -0.05) is 4.49 Å². The molecule has 0 bridgehead atoms. The molecule has 1 amide bonds. The molecule has 2 heterocycles. The Labute approximate surface area is 124 Å². The van der Waals surface area contributed by atoms with Crippen LogP contribution in [0.25, 0.3) is 0 Å². The number of amides is 1. The first-order valence-corrected chi connectivity index (χ1v) is 7.20. The van der Waals surface area contributed by atoms with Crippen molar-refractivity contribution in [3.05, 3.63) is 21.6 Å². The molecule has 0 unspecified atom stereocenters. The van der Waals surface area contributed by atoms with Gasteiger partial charge in [0.1, 0.15) is 0 Å². The molecule has 0 saturated heterocycles. The number of nitrogens with two attached hydrogens (primary N) is 1. The Morgan fingerprint density at radius 2 is 2.37 bits per heavy atom. The molecule has 0 aromatic carbocycles. The summed E-state index contributed by atoms with van der Waals surface area (Å²) < 4.78 is 3.66. The summed E-state index contributed by atoms with van der Waals surface area (Å²) in [6, 6.07) is 0.212. The van der Waals surface area contributed by atoms with Gasteiger partial charge in [-0.3, -0.25) is 10.1 Å². The Bertz CT molecular complexity index is 570. The van der Waals surface area contributed by atoms with Gasteiger partial charge in [-0.15, -0.1) is 28.8 Å². The number of rotatable bonds is 2. The topological polar surface area (TPSA) is 93.8 Å². The van der Waals surface area contributed by atoms with Crippen LogP contribution >= 0.6 is 35.3 Å². The van der Waals surface area contributed by atoms with Gasteiger partial charge in [0, 0.05) is 16.3 Å². The highest BCUT2D eigenvalue weighted by atomic mass is 35.5. The van der Waals surface area contributed by atoms with Crippen LogP contribution in [-0.2, 0) is 12.8 Å². The molecule has 6 nitrogen and oxygen atoms in total. The van der Waals surface area contributed by atoms with E-state index in [-0.39, 0.29) is 24.4 Å². The van der Waals surface area contributed by atoms with Crippen molar-refractivity contribution in [2.75, 3.05) is 5.32 Å². The van der Waals surface area contributed by atoms with E-state index in [2.05, 4.69) is 19.9 Å². The second kappa shape index (κ2) is 5.91. The summed E-state index contributed by atoms with van der Waals surface area (Å²) >= 11 is 2.65. The predicted octanol–water partition coefficient (Wildman–Crippen LogP) is 1.48. The molecular weight excluding hydrogens is 306 g/mol. The van der Waals surface area contributed by atoms with Gasteiger partial charge in [0.2, 0.25) is 0 Å². The second-order valence-electron chi connectivity index (χ2n) is 4.14. The van der Waals surface area contributed by atoms with Crippen LogP contribution in [0.3, 0.4) is 0 Å². The zero-order valence-electron chi connectivity index (χ0n) is 9.83. The number of aryl methyl sites for hydroxylation is 1. The molecule has 0 saturated carbocycles. The minimum Gasteiger partial charge on any atom is -0.327 e. The van der Waals surface area contributed by atoms with E-state index in [0.29, 0.717) is 10.8 Å². The molecule has 102 valence electrons. The van der Waals surface area contributed by atoms with Gasteiger partial charge >= 0.3 is 0 Å². The number of hydrogen-bond acceptors (Lipinski definition) is 7. The third kappa shape index (κ3) is 3.08. The maximum atomic E-state index is 11.8. The van der Waals surface area contributed by atoms with Crippen molar-refractivity contribution in [2.24, 2.45) is 5.73 Å². The SMILES string of the molecule is Cl.N[C@H]1CCc2nc(NC(=O)c3csnn3)sc2C1. The van der Waals surface area contributed by atoms with E-state index in [9.17, 15) is 4.79 Å². The van der Waals surface area contributed by atoms with Gasteiger partial charge < -0.3 is 5.73 Å². The molecule has 2 aromatic heterocycles. The monoisotopic (exact) mass is 317 g/mol. The Hall–Kier alpha value is -1.09. The highest BCUT2D eigenvalue weighted by Gasteiger charge is 2.21. The van der Waals surface area contributed by atoms with E-state index >= 15 is 0 Å². The number of anilines is 1. The normalized spacial score (nSPS) is 17.4. The molecule has 3 N–H and O–H groups in total. The number of fused-ring (bicyclic) bond motifs is 1. The zero-order chi connectivity index (χ0) is 12.5. The molecule has 3 rings (SSSR count). The number of aromatic nitrogens is 3. The Morgan fingerprint density at radius 3 is 3.11 bits per heavy atom. The minimum atomic E-state index is -0.265. The van der Waals surface area contributed by atoms with Crippen molar-refractivity contribution in [1.29, 1.82) is 0 Å². The molecule has 2 aromatic rings. The van der Waals surface area contributed by atoms with Gasteiger partial charge in [0.25, 0.3) is 5.91 Å². The fourth-order valence-electron chi connectivity index (χ4n) is 1.88. The van der Waals surface area contributed by atoms with E-state index in [1.807, 2.05) is 0 Å². The number of carbonyl (C=O) groups excluding carboxylic acids is 1. The Balaban J connectivity index is 0.00000133. The summed E-state index contributed by atoms with van der Waals surface area (Å²) in [5.41, 5.74) is 7.30. The lowest BCUT2D eigenvalue weighted by atomic mass is 9.99. The molecule has 0 spiro atoms. The molecule has 9 heteroatoms. The van der Waals surface area contributed by atoms with E-state index in [1.54, 1.807) is 5.38 Å². The van der Waals surface area contributed by atoms with Crippen molar-refractivity contribution in [1.82, 2.24) is 14.6 Å². The van der Waals surface area contributed by atoms with Crippen molar-refractivity contribution >= 4 is 46.3 Å². The summed E-state index contributed by atoms with van der Waals surface area (Å²) in [5.74, 6) is -0.265. The first-order valence-electron chi connectivity index (χ1n) is 5.55. The number of nitrogens with one attached hydrogen (secondary N) is 1. The molecule has 1 aliphatic carbocycles. The molecule has 1 aliphatic rings. The summed E-state index contributed by atoms with van der Waals surface area (Å²) in [6.45, 7) is 0. The van der Waals surface area contributed by atoms with E-state index in [4.69, 9.17) is 5.73 Å². The zero-order valence-corrected chi connectivity index (χ0v) is 12.3. The van der Waals surface area contributed by atoms with E-state index in [0.717, 1.165) is 36.5 Å². The second-order valence-corrected chi connectivity index (χ2v) is 5.83. The summed E-state index contributed by atoms with van der Waals surface area (Å²) in [6.07, 6.45) is 2.70. The lowest BCUT2D eigenvalue weighted by Gasteiger charge is -2.15. The van der Waals surface area contributed by atoms with Crippen LogP contribution in [0.5, 0.6) is 0 Å². The van der Waals surface area contributed by atoms with Gasteiger partial charge in [-0.05, 0) is 30.8 Å². The van der Waals surface area contributed by atoms with Gasteiger partial charge in [-0.25, -0.2) is 4.98 Å². The van der Waals surface area contributed by atoms with Crippen molar-refractivity contribution in [3.63, 3.8) is 0 Å². The fourth-order valence-corrected chi connectivity index (χ4v) is 3.41. The summed E-state index contributed by atoms with van der Waals surface area (Å²) in [7, 11) is 0. The van der Waals surface area contributed by atoms with E-state index < -0.39 is 0 Å². The number of hydrogen-bond donors (Lipinski definition) is 2. The van der Waals surface area contributed by atoms with Gasteiger partial charge in [0.15, 0.2) is 10.8 Å². The van der Waals surface area contributed by atoms with Crippen LogP contribution in [0.2, 0.25) is 0 Å². The predicted molar refractivity (Wildman–Crippen MR) is 77.2 cm³/mol. The third-order valence-electron chi connectivity index (χ3n) is 2.79. The summed E-state index contributed by atoms with van der Waals surface area (Å²) in [4.78, 5) is 17.4. The van der Waals surface area contributed by atoms with Crippen LogP contribution in [0, 0.1) is 0 Å². The van der Waals surface area contributed by atoms with Crippen LogP contribution in [-0.4, -0.2) is 26.5 Å². The van der Waals surface area contributed by atoms with Crippen LogP contribution in [0.15, 0.2) is 5.38 Å². The lowest BCUT2D eigenvalue weighted by Crippen LogP contribution is -2.27. The molecular formula is C10H12ClN5OS2. The van der Waals surface area contributed by atoms with Crippen molar-refractivity contribution in [2.45, 2.75) is 25.3 Å². The Morgan fingerprint density at radius 1 is 1.53 bits per heavy atom. The molecule has 0 fully saturated rings. The standard InChI is InChI=1S/C10H11N5OS2.ClH/c11-5-1-2-6-8(3-5)18-10(12-6)13-9(16)7-4-17-15-14-7;/h4-5H,1-3,11H2,(H,12,13,16);1H/t5-;/m0./s1. The highest BCUT2D eigenvalue weighted by molar-refractivity contribution is 7.16. The highest BCUT2D eigenvalue weighted by Crippen LogP contribution is 2.29. The number of nitrogens with zero attached hydrogens (tertiary/aromatic N) is 3. The van der Waals surface area contributed by atoms with Crippen molar-refractivity contribution < 1.29 is 4.79 Å². The Kier molecular flexibility index (Phi) is 4.46. The fraction of sp³-hybridized carbons (Fsp3) is 0.400. The maximum Gasteiger partial charge on any atom is 0.278 e. The average Bonchev–Trinajstić information content (AvgIpc) is 2.95. The average molecular weight is 318 g/mol. The molecule has 1 atom stereocenters. The first-order chi connectivity index (χ1) is 8.72. The molecule has 0 aliphatic heterocycles. The summed E-state index contributed by atoms with van der Waals surface area (Å²) in [5, 5.41) is 8.70. The smallest absolute Gasteiger partial charge is 0.278 e. The molecule has 0 radical (unpaired) electrons. The number of thiazole rings is 1. The lowest BCUT2D eigenvalue weighted by molar-refractivity contribution is 0.102. The number of carbonyl (C=O) groups is 1. The van der Waals surface area contributed by atoms with Crippen molar-refractivity contribution in [3.8, 4) is 0 Å². The quantitative estimate of drug-likeness (QED) is 0.875. The first kappa shape index (κ1) is 14.3. The third-order valence-corrected chi connectivity index (χ3v) is 4.33.